The predicted octanol–water partition coefficient (Wildman–Crippen LogP) is 4.53. The van der Waals surface area contributed by atoms with Crippen LogP contribution >= 0.6 is 15.9 Å². The SMILES string of the molecule is C[C@@H](Oc1ccc(Br)cc1)C(=O)N/N=C\c1ccc(-c2ccc([N+](=O)[O-])cc2)o1. The van der Waals surface area contributed by atoms with E-state index in [1.165, 1.54) is 18.3 Å². The number of carbonyl (C=O) groups is 1. The van der Waals surface area contributed by atoms with E-state index in [4.69, 9.17) is 9.15 Å². The van der Waals surface area contributed by atoms with Gasteiger partial charge in [-0.15, -0.1) is 0 Å². The van der Waals surface area contributed by atoms with Crippen molar-refractivity contribution in [2.45, 2.75) is 13.0 Å². The van der Waals surface area contributed by atoms with Crippen LogP contribution in [0.4, 0.5) is 5.69 Å². The van der Waals surface area contributed by atoms with Crippen LogP contribution in [0, 0.1) is 10.1 Å². The number of nitro groups is 1. The highest BCUT2D eigenvalue weighted by Gasteiger charge is 2.14. The summed E-state index contributed by atoms with van der Waals surface area (Å²) in [5.74, 6) is 1.10. The van der Waals surface area contributed by atoms with Crippen molar-refractivity contribution in [3.63, 3.8) is 0 Å². The van der Waals surface area contributed by atoms with Gasteiger partial charge >= 0.3 is 0 Å². The summed E-state index contributed by atoms with van der Waals surface area (Å²) >= 11 is 3.33. The highest BCUT2D eigenvalue weighted by atomic mass is 79.9. The number of nitrogens with zero attached hydrogens (tertiary/aromatic N) is 2. The number of hydrazone groups is 1. The fourth-order valence-electron chi connectivity index (χ4n) is 2.35. The number of hydrogen-bond donors (Lipinski definition) is 1. The van der Waals surface area contributed by atoms with Crippen LogP contribution in [0.25, 0.3) is 11.3 Å². The summed E-state index contributed by atoms with van der Waals surface area (Å²) in [6, 6.07) is 16.5. The summed E-state index contributed by atoms with van der Waals surface area (Å²) < 4.78 is 12.1. The van der Waals surface area contributed by atoms with E-state index in [1.807, 2.05) is 12.1 Å². The zero-order valence-corrected chi connectivity index (χ0v) is 16.8. The predicted molar refractivity (Wildman–Crippen MR) is 111 cm³/mol. The van der Waals surface area contributed by atoms with E-state index in [9.17, 15) is 14.9 Å². The smallest absolute Gasteiger partial charge is 0.280 e. The number of carbonyl (C=O) groups excluding carboxylic acids is 1. The second kappa shape index (κ2) is 9.16. The first kappa shape index (κ1) is 20.3. The van der Waals surface area contributed by atoms with E-state index >= 15 is 0 Å². The van der Waals surface area contributed by atoms with Crippen molar-refractivity contribution in [3.05, 3.63) is 81.0 Å². The second-order valence-corrected chi connectivity index (χ2v) is 6.87. The molecule has 1 N–H and O–H groups in total. The van der Waals surface area contributed by atoms with Crippen molar-refractivity contribution in [3.8, 4) is 17.1 Å². The summed E-state index contributed by atoms with van der Waals surface area (Å²) in [5.41, 5.74) is 3.09. The minimum Gasteiger partial charge on any atom is -0.481 e. The zero-order valence-electron chi connectivity index (χ0n) is 15.2. The number of nitro benzene ring substituents is 1. The maximum atomic E-state index is 12.1. The van der Waals surface area contributed by atoms with Gasteiger partial charge in [0.2, 0.25) is 0 Å². The molecule has 1 amide bonds. The molecule has 29 heavy (non-hydrogen) atoms. The van der Waals surface area contributed by atoms with Gasteiger partial charge in [0, 0.05) is 22.2 Å². The Morgan fingerprint density at radius 3 is 2.52 bits per heavy atom. The molecule has 0 aliphatic heterocycles. The minimum atomic E-state index is -0.736. The molecule has 148 valence electrons. The first-order valence-electron chi connectivity index (χ1n) is 8.52. The molecule has 1 heterocycles. The Kier molecular flexibility index (Phi) is 6.40. The monoisotopic (exact) mass is 457 g/mol. The fraction of sp³-hybridized carbons (Fsp3) is 0.100. The van der Waals surface area contributed by atoms with Crippen LogP contribution < -0.4 is 10.2 Å². The van der Waals surface area contributed by atoms with Crippen molar-refractivity contribution in [1.29, 1.82) is 0 Å². The second-order valence-electron chi connectivity index (χ2n) is 5.95. The van der Waals surface area contributed by atoms with Crippen LogP contribution in [0.3, 0.4) is 0 Å². The fourth-order valence-corrected chi connectivity index (χ4v) is 2.61. The van der Waals surface area contributed by atoms with Gasteiger partial charge in [0.15, 0.2) is 6.10 Å². The van der Waals surface area contributed by atoms with Crippen molar-refractivity contribution in [1.82, 2.24) is 5.43 Å². The van der Waals surface area contributed by atoms with Gasteiger partial charge < -0.3 is 9.15 Å². The summed E-state index contributed by atoms with van der Waals surface area (Å²) in [6.45, 7) is 1.62. The minimum absolute atomic E-state index is 0.00396. The first-order chi connectivity index (χ1) is 13.9. The van der Waals surface area contributed by atoms with Gasteiger partial charge in [-0.25, -0.2) is 5.43 Å². The molecule has 1 atom stereocenters. The van der Waals surface area contributed by atoms with Gasteiger partial charge in [-0.1, -0.05) is 15.9 Å². The standard InChI is InChI=1S/C20H16BrN3O5/c1-13(28-17-8-4-15(21)5-9-17)20(25)23-22-12-18-10-11-19(29-18)14-2-6-16(7-3-14)24(26)27/h2-13H,1H3,(H,23,25)/b22-12-/t13-/m1/s1. The molecule has 1 aromatic heterocycles. The van der Waals surface area contributed by atoms with E-state index in [2.05, 4.69) is 26.5 Å². The molecule has 3 aromatic rings. The molecule has 9 heteroatoms. The van der Waals surface area contributed by atoms with Crippen molar-refractivity contribution in [2.24, 2.45) is 5.10 Å². The van der Waals surface area contributed by atoms with Crippen LogP contribution in [0.1, 0.15) is 12.7 Å². The van der Waals surface area contributed by atoms with Crippen molar-refractivity contribution in [2.75, 3.05) is 0 Å². The molecule has 0 unspecified atom stereocenters. The summed E-state index contributed by atoms with van der Waals surface area (Å²) in [4.78, 5) is 22.3. The number of nitrogens with one attached hydrogen (secondary N) is 1. The number of halogens is 1. The molecule has 0 radical (unpaired) electrons. The van der Waals surface area contributed by atoms with Gasteiger partial charge in [0.25, 0.3) is 11.6 Å². The third-order valence-electron chi connectivity index (χ3n) is 3.85. The topological polar surface area (TPSA) is 107 Å². The summed E-state index contributed by atoms with van der Waals surface area (Å²) in [5, 5.41) is 14.6. The summed E-state index contributed by atoms with van der Waals surface area (Å²) in [7, 11) is 0. The van der Waals surface area contributed by atoms with Crippen LogP contribution in [0.5, 0.6) is 5.75 Å². The van der Waals surface area contributed by atoms with Gasteiger partial charge in [0.1, 0.15) is 17.3 Å². The van der Waals surface area contributed by atoms with Gasteiger partial charge in [0.05, 0.1) is 11.1 Å². The van der Waals surface area contributed by atoms with Crippen molar-refractivity contribution >= 4 is 33.7 Å². The lowest BCUT2D eigenvalue weighted by atomic mass is 10.1. The zero-order chi connectivity index (χ0) is 20.8. The Labute approximate surface area is 174 Å². The molecule has 0 saturated heterocycles. The van der Waals surface area contributed by atoms with Crippen LogP contribution in [-0.4, -0.2) is 23.1 Å². The third kappa shape index (κ3) is 5.52. The first-order valence-corrected chi connectivity index (χ1v) is 9.31. The van der Waals surface area contributed by atoms with Crippen LogP contribution in [0.15, 0.2) is 74.7 Å². The van der Waals surface area contributed by atoms with Gasteiger partial charge in [-0.3, -0.25) is 14.9 Å². The van der Waals surface area contributed by atoms with E-state index in [1.54, 1.807) is 43.3 Å². The molecular formula is C20H16BrN3O5. The Hall–Kier alpha value is -3.46. The average molecular weight is 458 g/mol. The Morgan fingerprint density at radius 1 is 1.17 bits per heavy atom. The number of amides is 1. The number of ether oxygens (including phenoxy) is 1. The van der Waals surface area contributed by atoms with Crippen LogP contribution in [-0.2, 0) is 4.79 Å². The van der Waals surface area contributed by atoms with E-state index in [0.29, 0.717) is 22.8 Å². The van der Waals surface area contributed by atoms with Crippen LogP contribution in [0.2, 0.25) is 0 Å². The lowest BCUT2D eigenvalue weighted by molar-refractivity contribution is -0.384. The molecule has 0 saturated carbocycles. The molecule has 8 nitrogen and oxygen atoms in total. The average Bonchev–Trinajstić information content (AvgIpc) is 3.18. The Bertz CT molecular complexity index is 1030. The maximum absolute atomic E-state index is 12.1. The molecule has 3 rings (SSSR count). The van der Waals surface area contributed by atoms with Crippen molar-refractivity contribution < 1.29 is 18.9 Å². The van der Waals surface area contributed by atoms with E-state index < -0.39 is 16.9 Å². The molecule has 0 bridgehead atoms. The van der Waals surface area contributed by atoms with E-state index in [0.717, 1.165) is 4.47 Å². The number of non-ortho nitro benzene ring substituents is 1. The molecule has 0 fully saturated rings. The molecule has 0 aliphatic carbocycles. The molecular weight excluding hydrogens is 442 g/mol. The number of benzene rings is 2. The number of rotatable bonds is 7. The lowest BCUT2D eigenvalue weighted by Crippen LogP contribution is -2.33. The maximum Gasteiger partial charge on any atom is 0.280 e. The molecule has 0 spiro atoms. The highest BCUT2D eigenvalue weighted by Crippen LogP contribution is 2.24. The Balaban J connectivity index is 1.55. The normalized spacial score (nSPS) is 11.9. The van der Waals surface area contributed by atoms with Gasteiger partial charge in [-0.05, 0) is 55.5 Å². The summed E-state index contributed by atoms with van der Waals surface area (Å²) in [6.07, 6.45) is 0.625. The Morgan fingerprint density at radius 2 is 1.86 bits per heavy atom. The number of hydrogen-bond acceptors (Lipinski definition) is 6. The molecule has 0 aliphatic rings. The van der Waals surface area contributed by atoms with E-state index in [-0.39, 0.29) is 5.69 Å². The lowest BCUT2D eigenvalue weighted by Gasteiger charge is -2.12. The number of furan rings is 1. The quantitative estimate of drug-likeness (QED) is 0.318. The van der Waals surface area contributed by atoms with Gasteiger partial charge in [-0.2, -0.15) is 5.10 Å². The highest BCUT2D eigenvalue weighted by molar-refractivity contribution is 9.10. The largest absolute Gasteiger partial charge is 0.481 e. The molecule has 2 aromatic carbocycles. The third-order valence-corrected chi connectivity index (χ3v) is 4.38.